The van der Waals surface area contributed by atoms with Crippen molar-refractivity contribution < 1.29 is 99.3 Å². The van der Waals surface area contributed by atoms with Gasteiger partial charge >= 0.3 is 36.0 Å². The quantitative estimate of drug-likeness (QED) is 0.118. The van der Waals surface area contributed by atoms with E-state index in [4.69, 9.17) is 0 Å². The first-order valence-electron chi connectivity index (χ1n) is 5.31. The van der Waals surface area contributed by atoms with Gasteiger partial charge in [-0.05, 0) is 16.0 Å². The fraction of sp³-hybridized carbons (Fsp3) is 0.500. The second kappa shape index (κ2) is 14.7. The third kappa shape index (κ3) is 16.2. The molecule has 0 atom stereocenters. The van der Waals surface area contributed by atoms with Crippen LogP contribution in [-0.4, -0.2) is 52.1 Å². The molecule has 25 heteroatoms. The molecule has 0 saturated heterocycles. The van der Waals surface area contributed by atoms with Crippen molar-refractivity contribution in [2.75, 3.05) is 0 Å². The second-order valence-corrected chi connectivity index (χ2v) is 3.42. The molecule has 0 aromatic carbocycles. The van der Waals surface area contributed by atoms with Crippen molar-refractivity contribution in [1.29, 1.82) is 0 Å². The summed E-state index contributed by atoms with van der Waals surface area (Å²) in [7, 11) is 0. The predicted molar refractivity (Wildman–Crippen MR) is 56.0 cm³/mol. The molecule has 31 heavy (non-hydrogen) atoms. The summed E-state index contributed by atoms with van der Waals surface area (Å²) >= 11 is 0. The monoisotopic (exact) mass is 600 g/mol. The first kappa shape index (κ1) is 36.2. The maximum atomic E-state index is 11.1. The Bertz CT molecular complexity index is 493. The molecule has 0 N–H and O–H groups in total. The molecule has 0 radical (unpaired) electrons. The molecule has 0 unspecified atom stereocenters. The summed E-state index contributed by atoms with van der Waals surface area (Å²) in [5.41, 5.74) is 0. The van der Waals surface area contributed by atoms with Crippen molar-refractivity contribution in [3.8, 4) is 0 Å². The maximum Gasteiger partial charge on any atom is 0.457 e. The van der Waals surface area contributed by atoms with E-state index in [2.05, 4.69) is 0 Å². The average molecular weight is 599 g/mol. The van der Waals surface area contributed by atoms with E-state index in [1.165, 1.54) is 0 Å². The molecule has 0 bridgehead atoms. The molecule has 6 nitrogen and oxygen atoms in total. The summed E-state index contributed by atoms with van der Waals surface area (Å²) in [6.45, 7) is 0. The van der Waals surface area contributed by atoms with Gasteiger partial charge in [-0.3, -0.25) is 0 Å². The zero-order valence-corrected chi connectivity index (χ0v) is 14.6. The number of rotatable bonds is 0. The first-order valence-corrected chi connectivity index (χ1v) is 5.31. The van der Waals surface area contributed by atoms with Gasteiger partial charge in [0.25, 0.3) is 0 Å². The Hall–Kier alpha value is -2.23. The van der Waals surface area contributed by atoms with Crippen molar-refractivity contribution in [3.05, 3.63) is 0 Å². The van der Waals surface area contributed by atoms with Gasteiger partial charge in [-0.2, -0.15) is 39.5 Å². The van der Waals surface area contributed by atoms with Crippen LogP contribution in [0.25, 0.3) is 0 Å². The van der Waals surface area contributed by atoms with Crippen LogP contribution in [0, 0.1) is 0 Å². The molecular formula is C6F18N6Ru. The molecule has 188 valence electrons. The molecule has 0 saturated carbocycles. The van der Waals surface area contributed by atoms with E-state index in [0.717, 1.165) is 15.6 Å². The van der Waals surface area contributed by atoms with Gasteiger partial charge in [-0.1, -0.05) is 56.0 Å². The Morgan fingerprint density at radius 3 is 0.548 bits per heavy atom. The Morgan fingerprint density at radius 2 is 0.548 bits per heavy atom. The van der Waals surface area contributed by atoms with Crippen LogP contribution in [-0.2, 0) is 19.5 Å². The molecule has 0 rings (SSSR count). The van der Waals surface area contributed by atoms with Crippen LogP contribution in [0.2, 0.25) is 0 Å². The topological polar surface area (TPSA) is 46.8 Å². The number of halogens is 18. The van der Waals surface area contributed by atoms with E-state index in [1.54, 1.807) is 0 Å². The van der Waals surface area contributed by atoms with Gasteiger partial charge in [0.05, 0.1) is 0 Å². The SMILES string of the molecule is FN=C(N(F)F)C(F)(F)F.FN=C(N(F)F)C(F)(F)F.FN=C(N(F)F)C(F)(F)F.[Ru]. The zero-order valence-electron chi connectivity index (χ0n) is 12.8. The summed E-state index contributed by atoms with van der Waals surface area (Å²) in [5, 5.41) is -4.85. The third-order valence-corrected chi connectivity index (χ3v) is 1.48. The largest absolute Gasteiger partial charge is 0.457 e. The van der Waals surface area contributed by atoms with Gasteiger partial charge in [0.2, 0.25) is 0 Å². The van der Waals surface area contributed by atoms with Crippen LogP contribution in [0.1, 0.15) is 0 Å². The van der Waals surface area contributed by atoms with Crippen molar-refractivity contribution >= 4 is 17.5 Å². The predicted octanol–water partition coefficient (Wildman–Crippen LogP) is 5.71. The van der Waals surface area contributed by atoms with E-state index < -0.39 is 52.1 Å². The Balaban J connectivity index is -0.000000174. The molecule has 0 aliphatic carbocycles. The van der Waals surface area contributed by atoms with E-state index in [-0.39, 0.29) is 19.5 Å². The second-order valence-electron chi connectivity index (χ2n) is 3.42. The minimum atomic E-state index is -5.46. The Labute approximate surface area is 168 Å². The molecule has 0 spiro atoms. The van der Waals surface area contributed by atoms with Gasteiger partial charge in [-0.25, -0.2) is 0 Å². The molecule has 0 aromatic rings. The van der Waals surface area contributed by atoms with Gasteiger partial charge in [-0.15, -0.1) is 0 Å². The molecule has 0 fully saturated rings. The summed E-state index contributed by atoms with van der Waals surface area (Å²) < 4.78 is 198. The van der Waals surface area contributed by atoms with Crippen molar-refractivity contribution in [2.45, 2.75) is 18.5 Å². The van der Waals surface area contributed by atoms with Crippen LogP contribution in [0.5, 0.6) is 0 Å². The van der Waals surface area contributed by atoms with Crippen LogP contribution < -0.4 is 0 Å². The zero-order chi connectivity index (χ0) is 25.1. The van der Waals surface area contributed by atoms with E-state index in [1.807, 2.05) is 0 Å². The molecule has 0 aliphatic rings. The number of amidine groups is 3. The van der Waals surface area contributed by atoms with Crippen molar-refractivity contribution in [1.82, 2.24) is 16.0 Å². The number of alkyl halides is 9. The van der Waals surface area contributed by atoms with E-state index >= 15 is 0 Å². The Kier molecular flexibility index (Phi) is 17.2. The van der Waals surface area contributed by atoms with Gasteiger partial charge in [0.15, 0.2) is 0 Å². The molecule has 0 amide bonds. The number of nitrogens with zero attached hydrogens (tertiary/aromatic N) is 6. The molecule has 0 aliphatic heterocycles. The Morgan fingerprint density at radius 1 is 0.419 bits per heavy atom. The van der Waals surface area contributed by atoms with Crippen molar-refractivity contribution in [3.63, 3.8) is 0 Å². The molecule has 0 heterocycles. The summed E-state index contributed by atoms with van der Waals surface area (Å²) in [4.78, 5) is 0. The first-order chi connectivity index (χ1) is 13.2. The third-order valence-electron chi connectivity index (χ3n) is 1.48. The van der Waals surface area contributed by atoms with Gasteiger partial charge in [0, 0.05) is 19.5 Å². The van der Waals surface area contributed by atoms with Crippen LogP contribution in [0.4, 0.5) is 79.8 Å². The summed E-state index contributed by atoms with van der Waals surface area (Å²) in [5.74, 6) is -8.60. The normalized spacial score (nSPS) is 13.2. The fourth-order valence-electron chi connectivity index (χ4n) is 0.517. The number of hydrogen-bond acceptors (Lipinski definition) is 3. The van der Waals surface area contributed by atoms with E-state index in [0.29, 0.717) is 0 Å². The van der Waals surface area contributed by atoms with E-state index in [9.17, 15) is 79.8 Å². The number of hydrogen-bond donors (Lipinski definition) is 0. The summed E-state index contributed by atoms with van der Waals surface area (Å²) in [6, 6.07) is 0. The molecular weight excluding hydrogens is 599 g/mol. The van der Waals surface area contributed by atoms with Gasteiger partial charge < -0.3 is 0 Å². The standard InChI is InChI=1S/3C2F6N2.Ru/c3*3-2(4,5)1(9-6)10(7)8;. The minimum absolute atomic E-state index is 0. The van der Waals surface area contributed by atoms with Crippen LogP contribution >= 0.6 is 0 Å². The van der Waals surface area contributed by atoms with Crippen molar-refractivity contribution in [2.24, 2.45) is 15.6 Å². The van der Waals surface area contributed by atoms with Crippen LogP contribution in [0.15, 0.2) is 15.6 Å². The minimum Gasteiger partial charge on any atom is -0.163 e. The fourth-order valence-corrected chi connectivity index (χ4v) is 0.517. The smallest absolute Gasteiger partial charge is 0.163 e. The summed E-state index contributed by atoms with van der Waals surface area (Å²) in [6.07, 6.45) is -16.4. The molecule has 0 aromatic heterocycles. The average Bonchev–Trinajstić information content (AvgIpc) is 2.44. The van der Waals surface area contributed by atoms with Gasteiger partial charge in [0.1, 0.15) is 0 Å². The maximum absolute atomic E-state index is 11.1. The van der Waals surface area contributed by atoms with Crippen LogP contribution in [0.3, 0.4) is 0 Å².